The van der Waals surface area contributed by atoms with Crippen molar-refractivity contribution in [2.45, 2.75) is 4.90 Å². The maximum Gasteiger partial charge on any atom is 0.101 e. The number of anilines is 1. The first-order valence-electron chi connectivity index (χ1n) is 3.35. The van der Waals surface area contributed by atoms with Crippen LogP contribution in [0.2, 0.25) is 0 Å². The van der Waals surface area contributed by atoms with Crippen LogP contribution >= 0.6 is 39.9 Å². The number of thiophene rings is 1. The lowest BCUT2D eigenvalue weighted by molar-refractivity contribution is 1.54. The number of nitrogens with two attached hydrogens (primary N) is 1. The van der Waals surface area contributed by atoms with Gasteiger partial charge < -0.3 is 5.73 Å². The fraction of sp³-hybridized carbons (Fsp3) is 0. The molecule has 0 atom stereocenters. The van der Waals surface area contributed by atoms with E-state index in [-0.39, 0.29) is 0 Å². The van der Waals surface area contributed by atoms with E-state index in [0.29, 0.717) is 0 Å². The number of hydrogen-bond donors (Lipinski definition) is 2. The van der Waals surface area contributed by atoms with Gasteiger partial charge in [-0.3, -0.25) is 0 Å². The van der Waals surface area contributed by atoms with Crippen molar-refractivity contribution in [1.82, 2.24) is 0 Å². The first-order valence-corrected chi connectivity index (χ1v) is 5.40. The quantitative estimate of drug-likeness (QED) is 0.696. The average Bonchev–Trinajstić information content (AvgIpc) is 2.31. The Morgan fingerprint density at radius 2 is 2.17 bits per heavy atom. The molecular formula is C8H6BrNS2. The zero-order valence-corrected chi connectivity index (χ0v) is 9.34. The topological polar surface area (TPSA) is 26.0 Å². The fourth-order valence-corrected chi connectivity index (χ4v) is 2.82. The molecule has 1 heterocycles. The number of rotatable bonds is 0. The number of fused-ring (bicyclic) bond motifs is 1. The fourth-order valence-electron chi connectivity index (χ4n) is 1.07. The summed E-state index contributed by atoms with van der Waals surface area (Å²) in [5, 5.41) is 1.97. The SMILES string of the molecule is Nc1sc2ccc(S)cc2c1Br. The van der Waals surface area contributed by atoms with Gasteiger partial charge in [-0.15, -0.1) is 24.0 Å². The van der Waals surface area contributed by atoms with Gasteiger partial charge in [-0.25, -0.2) is 0 Å². The van der Waals surface area contributed by atoms with Gasteiger partial charge in [0.25, 0.3) is 0 Å². The van der Waals surface area contributed by atoms with E-state index in [1.165, 1.54) is 4.70 Å². The van der Waals surface area contributed by atoms with Gasteiger partial charge in [0.2, 0.25) is 0 Å². The van der Waals surface area contributed by atoms with Crippen LogP contribution in [0.25, 0.3) is 10.1 Å². The Hall–Kier alpha value is -0.190. The van der Waals surface area contributed by atoms with Crippen molar-refractivity contribution >= 4 is 55.0 Å². The van der Waals surface area contributed by atoms with Gasteiger partial charge in [0, 0.05) is 15.0 Å². The number of hydrogen-bond acceptors (Lipinski definition) is 3. The number of halogens is 1. The average molecular weight is 260 g/mol. The van der Waals surface area contributed by atoms with Crippen LogP contribution in [0.5, 0.6) is 0 Å². The first-order chi connectivity index (χ1) is 5.68. The molecule has 0 aliphatic rings. The molecule has 0 amide bonds. The highest BCUT2D eigenvalue weighted by atomic mass is 79.9. The van der Waals surface area contributed by atoms with Crippen LogP contribution < -0.4 is 5.73 Å². The van der Waals surface area contributed by atoms with Crippen LogP contribution in [0.3, 0.4) is 0 Å². The van der Waals surface area contributed by atoms with Gasteiger partial charge in [0.15, 0.2) is 0 Å². The van der Waals surface area contributed by atoms with E-state index in [9.17, 15) is 0 Å². The first kappa shape index (κ1) is 8.41. The maximum absolute atomic E-state index is 5.75. The van der Waals surface area contributed by atoms with Crippen LogP contribution in [0.1, 0.15) is 0 Å². The van der Waals surface area contributed by atoms with Gasteiger partial charge in [0.05, 0.1) is 4.47 Å². The Balaban J connectivity index is 2.88. The number of thiol groups is 1. The van der Waals surface area contributed by atoms with Crippen molar-refractivity contribution in [2.24, 2.45) is 0 Å². The van der Waals surface area contributed by atoms with Crippen molar-refractivity contribution < 1.29 is 0 Å². The molecular weight excluding hydrogens is 254 g/mol. The molecule has 2 aromatic rings. The third-order valence-electron chi connectivity index (χ3n) is 1.64. The highest BCUT2D eigenvalue weighted by molar-refractivity contribution is 9.10. The van der Waals surface area contributed by atoms with Crippen molar-refractivity contribution in [3.05, 3.63) is 22.7 Å². The summed E-state index contributed by atoms with van der Waals surface area (Å²) in [6, 6.07) is 6.01. The smallest absolute Gasteiger partial charge is 0.101 e. The number of benzene rings is 1. The Morgan fingerprint density at radius 3 is 2.92 bits per heavy atom. The molecule has 1 aromatic carbocycles. The minimum absolute atomic E-state index is 0.823. The van der Waals surface area contributed by atoms with E-state index >= 15 is 0 Å². The van der Waals surface area contributed by atoms with Crippen molar-refractivity contribution in [2.75, 3.05) is 5.73 Å². The van der Waals surface area contributed by atoms with Crippen LogP contribution in [0, 0.1) is 0 Å². The van der Waals surface area contributed by atoms with Crippen LogP contribution in [0.15, 0.2) is 27.6 Å². The molecule has 0 radical (unpaired) electrons. The molecule has 62 valence electrons. The third-order valence-corrected chi connectivity index (χ3v) is 4.03. The lowest BCUT2D eigenvalue weighted by atomic mass is 10.3. The summed E-state index contributed by atoms with van der Waals surface area (Å²) in [4.78, 5) is 0.959. The zero-order valence-electron chi connectivity index (χ0n) is 6.04. The van der Waals surface area contributed by atoms with E-state index in [1.54, 1.807) is 11.3 Å². The molecule has 0 aliphatic carbocycles. The highest BCUT2D eigenvalue weighted by Gasteiger charge is 2.06. The predicted molar refractivity (Wildman–Crippen MR) is 61.2 cm³/mol. The maximum atomic E-state index is 5.75. The van der Waals surface area contributed by atoms with E-state index in [0.717, 1.165) is 19.8 Å². The number of nitrogen functional groups attached to an aromatic ring is 1. The van der Waals surface area contributed by atoms with Gasteiger partial charge in [-0.1, -0.05) is 0 Å². The minimum Gasteiger partial charge on any atom is -0.390 e. The normalized spacial score (nSPS) is 10.8. The summed E-state index contributed by atoms with van der Waals surface area (Å²) >= 11 is 9.28. The van der Waals surface area contributed by atoms with E-state index in [4.69, 9.17) is 5.73 Å². The molecule has 0 aliphatic heterocycles. The summed E-state index contributed by atoms with van der Waals surface area (Å²) in [7, 11) is 0. The highest BCUT2D eigenvalue weighted by Crippen LogP contribution is 2.38. The molecule has 1 aromatic heterocycles. The molecule has 0 fully saturated rings. The Bertz CT molecular complexity index is 436. The lowest BCUT2D eigenvalue weighted by Crippen LogP contribution is -1.76. The van der Waals surface area contributed by atoms with E-state index < -0.39 is 0 Å². The molecule has 0 saturated carbocycles. The second kappa shape index (κ2) is 2.94. The summed E-state index contributed by atoms with van der Waals surface area (Å²) in [5.74, 6) is 0. The van der Waals surface area contributed by atoms with Crippen molar-refractivity contribution in [3.63, 3.8) is 0 Å². The summed E-state index contributed by atoms with van der Waals surface area (Å²) in [6.45, 7) is 0. The van der Waals surface area contributed by atoms with Gasteiger partial charge in [-0.2, -0.15) is 0 Å². The predicted octanol–water partition coefficient (Wildman–Crippen LogP) is 3.53. The minimum atomic E-state index is 0.823. The van der Waals surface area contributed by atoms with E-state index in [2.05, 4.69) is 28.6 Å². The lowest BCUT2D eigenvalue weighted by Gasteiger charge is -1.91. The van der Waals surface area contributed by atoms with Crippen molar-refractivity contribution in [1.29, 1.82) is 0 Å². The molecule has 4 heteroatoms. The molecule has 0 unspecified atom stereocenters. The van der Waals surface area contributed by atoms with Gasteiger partial charge >= 0.3 is 0 Å². The second-order valence-electron chi connectivity index (χ2n) is 2.46. The largest absolute Gasteiger partial charge is 0.390 e. The molecule has 1 nitrogen and oxygen atoms in total. The van der Waals surface area contributed by atoms with Crippen LogP contribution in [-0.4, -0.2) is 0 Å². The summed E-state index contributed by atoms with van der Waals surface area (Å²) < 4.78 is 2.18. The Labute approximate surface area is 88.1 Å². The van der Waals surface area contributed by atoms with Crippen LogP contribution in [-0.2, 0) is 0 Å². The monoisotopic (exact) mass is 259 g/mol. The van der Waals surface area contributed by atoms with Crippen molar-refractivity contribution in [3.8, 4) is 0 Å². The third kappa shape index (κ3) is 1.24. The molecule has 0 bridgehead atoms. The zero-order chi connectivity index (χ0) is 8.72. The Morgan fingerprint density at radius 1 is 1.42 bits per heavy atom. The molecule has 2 rings (SSSR count). The van der Waals surface area contributed by atoms with Gasteiger partial charge in [0.1, 0.15) is 5.00 Å². The second-order valence-corrected chi connectivity index (χ2v) is 4.85. The van der Waals surface area contributed by atoms with Gasteiger partial charge in [-0.05, 0) is 34.1 Å². The molecule has 12 heavy (non-hydrogen) atoms. The van der Waals surface area contributed by atoms with Crippen LogP contribution in [0.4, 0.5) is 5.00 Å². The summed E-state index contributed by atoms with van der Waals surface area (Å²) in [6.07, 6.45) is 0. The Kier molecular flexibility index (Phi) is 2.06. The molecule has 0 saturated heterocycles. The molecule has 2 N–H and O–H groups in total. The van der Waals surface area contributed by atoms with E-state index in [1.807, 2.05) is 18.2 Å². The molecule has 0 spiro atoms. The standard InChI is InChI=1S/C8H6BrNS2/c9-7-5-3-4(11)1-2-6(5)12-8(7)10/h1-3,11H,10H2. The summed E-state index contributed by atoms with van der Waals surface area (Å²) in [5.41, 5.74) is 5.75.